The number of carbonyl (C=O) groups is 1. The normalized spacial score (nSPS) is 18.9. The molecular weight excluding hydrogens is 282 g/mol. The topological polar surface area (TPSA) is 59.2 Å². The van der Waals surface area contributed by atoms with Crippen LogP contribution in [0.4, 0.5) is 0 Å². The fourth-order valence-electron chi connectivity index (χ4n) is 2.90. The molecular formula is C16H21N3OS. The molecule has 0 aliphatic carbocycles. The molecule has 4 nitrogen and oxygen atoms in total. The molecule has 1 fully saturated rings. The van der Waals surface area contributed by atoms with E-state index in [1.165, 1.54) is 9.71 Å². The number of primary amides is 1. The number of likely N-dealkylation sites (tertiary alicyclic amines) is 1. The highest BCUT2D eigenvalue weighted by Crippen LogP contribution is 2.33. The van der Waals surface area contributed by atoms with Crippen LogP contribution in [0.2, 0.25) is 0 Å². The van der Waals surface area contributed by atoms with Crippen LogP contribution in [0.5, 0.6) is 0 Å². The lowest BCUT2D eigenvalue weighted by atomic mass is 9.96. The Hall–Kier alpha value is -1.46. The van der Waals surface area contributed by atoms with E-state index in [1.54, 1.807) is 0 Å². The summed E-state index contributed by atoms with van der Waals surface area (Å²) in [6.45, 7) is 4.74. The molecule has 1 aliphatic rings. The molecule has 1 aliphatic heterocycles. The summed E-state index contributed by atoms with van der Waals surface area (Å²) in [5.41, 5.74) is 6.45. The Labute approximate surface area is 129 Å². The van der Waals surface area contributed by atoms with Gasteiger partial charge in [0, 0.05) is 18.4 Å². The predicted molar refractivity (Wildman–Crippen MR) is 86.4 cm³/mol. The first-order chi connectivity index (χ1) is 10.1. The fourth-order valence-corrected chi connectivity index (χ4v) is 4.04. The molecule has 112 valence electrons. The van der Waals surface area contributed by atoms with Crippen LogP contribution in [0, 0.1) is 5.92 Å². The third kappa shape index (κ3) is 3.24. The molecule has 1 aromatic carbocycles. The van der Waals surface area contributed by atoms with Crippen molar-refractivity contribution in [1.29, 1.82) is 0 Å². The van der Waals surface area contributed by atoms with E-state index in [0.29, 0.717) is 5.92 Å². The lowest BCUT2D eigenvalue weighted by molar-refractivity contribution is -0.121. The number of fused-ring (bicyclic) bond motifs is 1. The van der Waals surface area contributed by atoms with Gasteiger partial charge in [-0.2, -0.15) is 0 Å². The van der Waals surface area contributed by atoms with Crippen molar-refractivity contribution in [3.05, 3.63) is 29.3 Å². The minimum atomic E-state index is -0.205. The van der Waals surface area contributed by atoms with Crippen LogP contribution in [0.1, 0.15) is 30.7 Å². The van der Waals surface area contributed by atoms with Gasteiger partial charge in [0.15, 0.2) is 0 Å². The number of para-hydroxylation sites is 1. The molecule has 0 radical (unpaired) electrons. The number of hydrogen-bond donors (Lipinski definition) is 1. The van der Waals surface area contributed by atoms with Gasteiger partial charge in [-0.3, -0.25) is 4.79 Å². The first-order valence-electron chi connectivity index (χ1n) is 7.50. The summed E-state index contributed by atoms with van der Waals surface area (Å²) in [5, 5.41) is 1.26. The monoisotopic (exact) mass is 303 g/mol. The van der Waals surface area contributed by atoms with Crippen molar-refractivity contribution in [3.8, 4) is 0 Å². The molecule has 0 unspecified atom stereocenters. The molecule has 3 rings (SSSR count). The van der Waals surface area contributed by atoms with E-state index in [0.717, 1.165) is 38.0 Å². The van der Waals surface area contributed by atoms with Gasteiger partial charge >= 0.3 is 0 Å². The summed E-state index contributed by atoms with van der Waals surface area (Å²) >= 11 is 1.82. The SMILES string of the molecule is C[C@@H](CN1CCC(c2nc3ccccc3s2)CC1)C(N)=O. The Morgan fingerprint density at radius 3 is 2.81 bits per heavy atom. The summed E-state index contributed by atoms with van der Waals surface area (Å²) in [7, 11) is 0. The number of benzene rings is 1. The highest BCUT2D eigenvalue weighted by Gasteiger charge is 2.24. The number of carbonyl (C=O) groups excluding carboxylic acids is 1. The third-order valence-corrected chi connectivity index (χ3v) is 5.46. The van der Waals surface area contributed by atoms with E-state index >= 15 is 0 Å². The summed E-state index contributed by atoms with van der Waals surface area (Å²) in [5.74, 6) is 0.287. The number of amides is 1. The van der Waals surface area contributed by atoms with Gasteiger partial charge in [-0.15, -0.1) is 11.3 Å². The number of thiazole rings is 1. The van der Waals surface area contributed by atoms with Crippen molar-refractivity contribution >= 4 is 27.5 Å². The Kier molecular flexibility index (Phi) is 4.22. The van der Waals surface area contributed by atoms with Gasteiger partial charge in [-0.05, 0) is 38.1 Å². The molecule has 21 heavy (non-hydrogen) atoms. The van der Waals surface area contributed by atoms with Crippen LogP contribution < -0.4 is 5.73 Å². The number of piperidine rings is 1. The highest BCUT2D eigenvalue weighted by atomic mass is 32.1. The van der Waals surface area contributed by atoms with E-state index in [1.807, 2.05) is 24.3 Å². The Balaban J connectivity index is 1.61. The molecule has 0 saturated carbocycles. The smallest absolute Gasteiger partial charge is 0.221 e. The van der Waals surface area contributed by atoms with Gasteiger partial charge in [0.1, 0.15) is 0 Å². The number of aromatic nitrogens is 1. The quantitative estimate of drug-likeness (QED) is 0.944. The minimum Gasteiger partial charge on any atom is -0.369 e. The molecule has 1 aromatic heterocycles. The number of rotatable bonds is 4. The van der Waals surface area contributed by atoms with Gasteiger partial charge in [0.2, 0.25) is 5.91 Å². The lowest BCUT2D eigenvalue weighted by Crippen LogP contribution is -2.39. The molecule has 0 bridgehead atoms. The Morgan fingerprint density at radius 1 is 1.43 bits per heavy atom. The fraction of sp³-hybridized carbons (Fsp3) is 0.500. The standard InChI is InChI=1S/C16H21N3OS/c1-11(15(17)20)10-19-8-6-12(7-9-19)16-18-13-4-2-3-5-14(13)21-16/h2-5,11-12H,6-10H2,1H3,(H2,17,20)/t11-/m0/s1. The summed E-state index contributed by atoms with van der Waals surface area (Å²) in [6.07, 6.45) is 2.23. The molecule has 2 N–H and O–H groups in total. The number of nitrogens with two attached hydrogens (primary N) is 1. The number of nitrogens with zero attached hydrogens (tertiary/aromatic N) is 2. The zero-order valence-electron chi connectivity index (χ0n) is 12.3. The minimum absolute atomic E-state index is 0.0657. The molecule has 5 heteroatoms. The lowest BCUT2D eigenvalue weighted by Gasteiger charge is -2.32. The second-order valence-electron chi connectivity index (χ2n) is 5.90. The van der Waals surface area contributed by atoms with Gasteiger partial charge in [-0.1, -0.05) is 19.1 Å². The average Bonchev–Trinajstić information content (AvgIpc) is 2.91. The predicted octanol–water partition coefficient (Wildman–Crippen LogP) is 2.60. The second-order valence-corrected chi connectivity index (χ2v) is 6.96. The molecule has 2 aromatic rings. The Morgan fingerprint density at radius 2 is 2.14 bits per heavy atom. The van der Waals surface area contributed by atoms with Crippen molar-refractivity contribution < 1.29 is 4.79 Å². The van der Waals surface area contributed by atoms with Crippen LogP contribution in [-0.2, 0) is 4.79 Å². The maximum Gasteiger partial charge on any atom is 0.221 e. The van der Waals surface area contributed by atoms with Gasteiger partial charge < -0.3 is 10.6 Å². The first-order valence-corrected chi connectivity index (χ1v) is 8.32. The number of hydrogen-bond acceptors (Lipinski definition) is 4. The zero-order chi connectivity index (χ0) is 14.8. The van der Waals surface area contributed by atoms with E-state index in [-0.39, 0.29) is 11.8 Å². The van der Waals surface area contributed by atoms with Gasteiger partial charge in [0.25, 0.3) is 0 Å². The maximum absolute atomic E-state index is 11.1. The summed E-state index contributed by atoms with van der Waals surface area (Å²) in [4.78, 5) is 18.3. The summed E-state index contributed by atoms with van der Waals surface area (Å²) < 4.78 is 1.28. The molecule has 1 saturated heterocycles. The summed E-state index contributed by atoms with van der Waals surface area (Å²) in [6, 6.07) is 8.33. The highest BCUT2D eigenvalue weighted by molar-refractivity contribution is 7.18. The largest absolute Gasteiger partial charge is 0.369 e. The van der Waals surface area contributed by atoms with E-state index in [9.17, 15) is 4.79 Å². The van der Waals surface area contributed by atoms with Crippen LogP contribution in [0.3, 0.4) is 0 Å². The van der Waals surface area contributed by atoms with Crippen molar-refractivity contribution in [3.63, 3.8) is 0 Å². The van der Waals surface area contributed by atoms with Crippen molar-refractivity contribution in [2.75, 3.05) is 19.6 Å². The van der Waals surface area contributed by atoms with Crippen LogP contribution >= 0.6 is 11.3 Å². The van der Waals surface area contributed by atoms with Crippen molar-refractivity contribution in [2.24, 2.45) is 11.7 Å². The van der Waals surface area contributed by atoms with Crippen molar-refractivity contribution in [2.45, 2.75) is 25.7 Å². The Bertz CT molecular complexity index is 598. The molecule has 1 atom stereocenters. The van der Waals surface area contributed by atoms with E-state index in [2.05, 4.69) is 23.1 Å². The maximum atomic E-state index is 11.1. The zero-order valence-corrected chi connectivity index (χ0v) is 13.1. The average molecular weight is 303 g/mol. The molecule has 0 spiro atoms. The van der Waals surface area contributed by atoms with E-state index < -0.39 is 0 Å². The third-order valence-electron chi connectivity index (χ3n) is 4.27. The first kappa shape index (κ1) is 14.5. The van der Waals surface area contributed by atoms with E-state index in [4.69, 9.17) is 10.7 Å². The molecule has 2 heterocycles. The van der Waals surface area contributed by atoms with Gasteiger partial charge in [-0.25, -0.2) is 4.98 Å². The van der Waals surface area contributed by atoms with Crippen LogP contribution in [0.25, 0.3) is 10.2 Å². The van der Waals surface area contributed by atoms with Crippen LogP contribution in [0.15, 0.2) is 24.3 Å². The second kappa shape index (κ2) is 6.12. The van der Waals surface area contributed by atoms with Crippen molar-refractivity contribution in [1.82, 2.24) is 9.88 Å². The van der Waals surface area contributed by atoms with Gasteiger partial charge in [0.05, 0.1) is 15.2 Å². The molecule has 1 amide bonds. The van der Waals surface area contributed by atoms with Crippen LogP contribution in [-0.4, -0.2) is 35.4 Å².